The van der Waals surface area contributed by atoms with Crippen LogP contribution in [0.1, 0.15) is 49.3 Å². The summed E-state index contributed by atoms with van der Waals surface area (Å²) in [4.78, 5) is 29.5. The van der Waals surface area contributed by atoms with Gasteiger partial charge in [-0.2, -0.15) is 0 Å². The number of hydrogen-bond acceptors (Lipinski definition) is 4. The summed E-state index contributed by atoms with van der Waals surface area (Å²) in [6, 6.07) is 21.4. The molecule has 41 heavy (non-hydrogen) atoms. The van der Waals surface area contributed by atoms with Crippen molar-refractivity contribution >= 4 is 27.5 Å². The van der Waals surface area contributed by atoms with Gasteiger partial charge in [0.1, 0.15) is 18.4 Å². The molecule has 1 aliphatic carbocycles. The van der Waals surface area contributed by atoms with Crippen LogP contribution in [-0.4, -0.2) is 50.0 Å². The van der Waals surface area contributed by atoms with Crippen LogP contribution in [0.3, 0.4) is 0 Å². The van der Waals surface area contributed by atoms with Crippen LogP contribution in [0.25, 0.3) is 0 Å². The van der Waals surface area contributed by atoms with Crippen molar-refractivity contribution in [1.29, 1.82) is 0 Å². The van der Waals surface area contributed by atoms with Gasteiger partial charge in [-0.15, -0.1) is 0 Å². The molecular weight excluding hydrogens is 541 g/mol. The van der Waals surface area contributed by atoms with E-state index < -0.39 is 34.3 Å². The molecule has 1 aliphatic rings. The van der Waals surface area contributed by atoms with E-state index in [-0.39, 0.29) is 24.9 Å². The lowest BCUT2D eigenvalue weighted by Crippen LogP contribution is -2.54. The van der Waals surface area contributed by atoms with E-state index in [9.17, 15) is 22.4 Å². The topological polar surface area (TPSA) is 86.8 Å². The summed E-state index contributed by atoms with van der Waals surface area (Å²) >= 11 is 0. The highest BCUT2D eigenvalue weighted by molar-refractivity contribution is 7.92. The molecule has 0 saturated heterocycles. The molecule has 7 nitrogen and oxygen atoms in total. The van der Waals surface area contributed by atoms with Gasteiger partial charge in [-0.05, 0) is 54.2 Å². The fourth-order valence-corrected chi connectivity index (χ4v) is 6.24. The molecule has 2 amide bonds. The van der Waals surface area contributed by atoms with Crippen molar-refractivity contribution in [2.75, 3.05) is 17.1 Å². The van der Waals surface area contributed by atoms with Gasteiger partial charge in [0.15, 0.2) is 0 Å². The molecule has 1 saturated carbocycles. The fraction of sp³-hybridized carbons (Fsp3) is 0.375. The van der Waals surface area contributed by atoms with Gasteiger partial charge in [-0.1, -0.05) is 80.4 Å². The number of hydrogen-bond donors (Lipinski definition) is 1. The lowest BCUT2D eigenvalue weighted by molar-refractivity contribution is -0.140. The fourth-order valence-electron chi connectivity index (χ4n) is 5.36. The number of halogens is 1. The van der Waals surface area contributed by atoms with Crippen LogP contribution in [0.5, 0.6) is 0 Å². The molecule has 218 valence electrons. The van der Waals surface area contributed by atoms with E-state index in [0.29, 0.717) is 17.7 Å². The molecule has 0 heterocycles. The Balaban J connectivity index is 1.73. The highest BCUT2D eigenvalue weighted by Gasteiger charge is 2.34. The second-order valence-electron chi connectivity index (χ2n) is 10.6. The van der Waals surface area contributed by atoms with Gasteiger partial charge in [-0.3, -0.25) is 13.9 Å². The molecule has 0 aromatic heterocycles. The van der Waals surface area contributed by atoms with Gasteiger partial charge in [0.2, 0.25) is 21.8 Å². The second-order valence-corrected chi connectivity index (χ2v) is 12.5. The average molecular weight is 580 g/mol. The highest BCUT2D eigenvalue weighted by Crippen LogP contribution is 2.25. The van der Waals surface area contributed by atoms with Crippen LogP contribution in [0.15, 0.2) is 78.9 Å². The first-order valence-corrected chi connectivity index (χ1v) is 15.9. The Labute approximate surface area is 242 Å². The van der Waals surface area contributed by atoms with E-state index in [1.807, 2.05) is 49.4 Å². The molecule has 0 bridgehead atoms. The summed E-state index contributed by atoms with van der Waals surface area (Å²) in [6.07, 6.45) is 5.73. The number of rotatable bonds is 12. The molecule has 0 unspecified atom stereocenters. The van der Waals surface area contributed by atoms with Crippen LogP contribution >= 0.6 is 0 Å². The third-order valence-corrected chi connectivity index (χ3v) is 8.69. The zero-order valence-corrected chi connectivity index (χ0v) is 24.4. The number of amides is 2. The maximum atomic E-state index is 14.2. The SMILES string of the molecule is CCc1ccccc1N(CC(=O)N(Cc1ccc(F)cc1)[C@@H](Cc1ccccc1)C(=O)NC1CCCC1)S(C)(=O)=O. The molecule has 0 aliphatic heterocycles. The smallest absolute Gasteiger partial charge is 0.244 e. The highest BCUT2D eigenvalue weighted by atomic mass is 32.2. The quantitative estimate of drug-likeness (QED) is 0.332. The minimum absolute atomic E-state index is 0.0156. The second kappa shape index (κ2) is 13.8. The van der Waals surface area contributed by atoms with Crippen molar-refractivity contribution < 1.29 is 22.4 Å². The summed E-state index contributed by atoms with van der Waals surface area (Å²) in [5.41, 5.74) is 2.72. The molecule has 4 rings (SSSR count). The van der Waals surface area contributed by atoms with E-state index in [0.717, 1.165) is 47.4 Å². The molecule has 1 N–H and O–H groups in total. The number of carbonyl (C=O) groups is 2. The van der Waals surface area contributed by atoms with Gasteiger partial charge < -0.3 is 10.2 Å². The molecule has 3 aromatic carbocycles. The molecule has 1 atom stereocenters. The predicted octanol–water partition coefficient (Wildman–Crippen LogP) is 4.85. The summed E-state index contributed by atoms with van der Waals surface area (Å²) in [5.74, 6) is -1.21. The van der Waals surface area contributed by atoms with Crippen molar-refractivity contribution in [3.63, 3.8) is 0 Å². The first kappa shape index (κ1) is 30.2. The van der Waals surface area contributed by atoms with Crippen LogP contribution in [0, 0.1) is 5.82 Å². The van der Waals surface area contributed by atoms with E-state index in [2.05, 4.69) is 5.32 Å². The lowest BCUT2D eigenvalue weighted by atomic mass is 10.0. The van der Waals surface area contributed by atoms with Crippen molar-refractivity contribution in [2.45, 2.75) is 64.1 Å². The zero-order chi connectivity index (χ0) is 29.4. The van der Waals surface area contributed by atoms with Crippen LogP contribution < -0.4 is 9.62 Å². The largest absolute Gasteiger partial charge is 0.352 e. The number of aryl methyl sites for hydroxylation is 1. The summed E-state index contributed by atoms with van der Waals surface area (Å²) < 4.78 is 40.9. The van der Waals surface area contributed by atoms with Gasteiger partial charge in [-0.25, -0.2) is 12.8 Å². The zero-order valence-electron chi connectivity index (χ0n) is 23.6. The van der Waals surface area contributed by atoms with Gasteiger partial charge in [0.05, 0.1) is 11.9 Å². The van der Waals surface area contributed by atoms with Crippen molar-refractivity contribution in [3.05, 3.63) is 101 Å². The van der Waals surface area contributed by atoms with Gasteiger partial charge >= 0.3 is 0 Å². The summed E-state index contributed by atoms with van der Waals surface area (Å²) in [6.45, 7) is 1.46. The lowest BCUT2D eigenvalue weighted by Gasteiger charge is -2.34. The molecule has 0 radical (unpaired) electrons. The Bertz CT molecular complexity index is 1420. The van der Waals surface area contributed by atoms with Crippen LogP contribution in [0.2, 0.25) is 0 Å². The standard InChI is InChI=1S/C32H38FN3O4S/c1-3-26-13-7-10-16-29(26)36(41(2,39)40)23-31(37)35(22-25-17-19-27(33)20-18-25)30(21-24-11-5-4-6-12-24)32(38)34-28-14-8-9-15-28/h4-7,10-13,16-20,28,30H,3,8-9,14-15,21-23H2,1-2H3,(H,34,38)/t30-/m0/s1. The summed E-state index contributed by atoms with van der Waals surface area (Å²) in [5, 5.41) is 3.14. The number of nitrogens with zero attached hydrogens (tertiary/aromatic N) is 2. The molecule has 3 aromatic rings. The average Bonchev–Trinajstić information content (AvgIpc) is 3.47. The Kier molecular flexibility index (Phi) is 10.2. The Morgan fingerprint density at radius 1 is 0.927 bits per heavy atom. The number of benzene rings is 3. The maximum Gasteiger partial charge on any atom is 0.244 e. The summed E-state index contributed by atoms with van der Waals surface area (Å²) in [7, 11) is -3.85. The van der Waals surface area contributed by atoms with E-state index in [4.69, 9.17) is 0 Å². The van der Waals surface area contributed by atoms with Crippen molar-refractivity contribution in [3.8, 4) is 0 Å². The van der Waals surface area contributed by atoms with E-state index >= 15 is 0 Å². The van der Waals surface area contributed by atoms with Crippen LogP contribution in [0.4, 0.5) is 10.1 Å². The number of sulfonamides is 1. The number of para-hydroxylation sites is 1. The Morgan fingerprint density at radius 2 is 1.56 bits per heavy atom. The monoisotopic (exact) mass is 579 g/mol. The molecule has 1 fully saturated rings. The first-order valence-electron chi connectivity index (χ1n) is 14.1. The molecular formula is C32H38FN3O4S. The minimum Gasteiger partial charge on any atom is -0.352 e. The Morgan fingerprint density at radius 3 is 2.20 bits per heavy atom. The predicted molar refractivity (Wildman–Crippen MR) is 159 cm³/mol. The number of nitrogens with one attached hydrogen (secondary N) is 1. The third kappa shape index (κ3) is 8.16. The van der Waals surface area contributed by atoms with E-state index in [1.165, 1.54) is 17.0 Å². The van der Waals surface area contributed by atoms with Gasteiger partial charge in [0.25, 0.3) is 0 Å². The third-order valence-electron chi connectivity index (χ3n) is 7.56. The number of carbonyl (C=O) groups excluding carboxylic acids is 2. The molecule has 0 spiro atoms. The van der Waals surface area contributed by atoms with Crippen LogP contribution in [-0.2, 0) is 39.0 Å². The molecule has 9 heteroatoms. The van der Waals surface area contributed by atoms with Crippen molar-refractivity contribution in [1.82, 2.24) is 10.2 Å². The van der Waals surface area contributed by atoms with Crippen molar-refractivity contribution in [2.24, 2.45) is 0 Å². The first-order chi connectivity index (χ1) is 19.7. The minimum atomic E-state index is -3.85. The Hall–Kier alpha value is -3.72. The number of anilines is 1. The van der Waals surface area contributed by atoms with E-state index in [1.54, 1.807) is 24.3 Å². The van der Waals surface area contributed by atoms with Gasteiger partial charge in [0, 0.05) is 19.0 Å². The maximum absolute atomic E-state index is 14.2. The normalized spacial score (nSPS) is 14.4.